The first-order chi connectivity index (χ1) is 4.27. The maximum absolute atomic E-state index is 9.47. The van der Waals surface area contributed by atoms with Gasteiger partial charge in [-0.05, 0) is 6.08 Å². The van der Waals surface area contributed by atoms with Crippen molar-refractivity contribution >= 4 is 13.7 Å². The highest BCUT2D eigenvalue weighted by atomic mass is 31.2. The molecule has 0 spiro atoms. The highest BCUT2D eigenvalue weighted by Gasteiger charge is 2.00. The van der Waals surface area contributed by atoms with E-state index in [0.29, 0.717) is 0 Å². The molecule has 0 atom stereocenters. The SMILES string of the molecule is C=CC(N)=O.O=P(O)(O)O. The third-order valence-electron chi connectivity index (χ3n) is 0.201. The quantitative estimate of drug-likeness (QED) is 0.288. The van der Waals surface area contributed by atoms with E-state index in [1.807, 2.05) is 0 Å². The van der Waals surface area contributed by atoms with Crippen molar-refractivity contribution in [3.8, 4) is 0 Å². The summed E-state index contributed by atoms with van der Waals surface area (Å²) in [6, 6.07) is 0. The average Bonchev–Trinajstić information content (AvgIpc) is 1.61. The number of carbonyl (C=O) groups excluding carboxylic acids is 1. The molecule has 0 fully saturated rings. The number of rotatable bonds is 1. The molecule has 0 saturated carbocycles. The fourth-order valence-corrected chi connectivity index (χ4v) is 0. The number of phosphoric acid groups is 1. The van der Waals surface area contributed by atoms with E-state index in [-0.39, 0.29) is 0 Å². The maximum Gasteiger partial charge on any atom is 0.466 e. The number of hydrogen-bond acceptors (Lipinski definition) is 2. The smallest absolute Gasteiger partial charge is 0.366 e. The van der Waals surface area contributed by atoms with Crippen LogP contribution in [-0.4, -0.2) is 20.6 Å². The molecule has 0 bridgehead atoms. The molecule has 0 aliphatic heterocycles. The molecule has 0 saturated heterocycles. The van der Waals surface area contributed by atoms with Gasteiger partial charge in [0.05, 0.1) is 0 Å². The summed E-state index contributed by atoms with van der Waals surface area (Å²) in [6.07, 6.45) is 1.06. The zero-order valence-electron chi connectivity index (χ0n) is 4.97. The third kappa shape index (κ3) is 168. The molecule has 0 unspecified atom stereocenters. The Morgan fingerprint density at radius 2 is 1.60 bits per heavy atom. The van der Waals surface area contributed by atoms with Gasteiger partial charge in [0.2, 0.25) is 5.91 Å². The van der Waals surface area contributed by atoms with E-state index in [1.54, 1.807) is 0 Å². The molecule has 7 heteroatoms. The van der Waals surface area contributed by atoms with E-state index >= 15 is 0 Å². The lowest BCUT2D eigenvalue weighted by Crippen LogP contribution is -2.04. The first-order valence-corrected chi connectivity index (χ1v) is 3.54. The fourth-order valence-electron chi connectivity index (χ4n) is 0. The largest absolute Gasteiger partial charge is 0.466 e. The van der Waals surface area contributed by atoms with Gasteiger partial charge in [-0.25, -0.2) is 4.57 Å². The van der Waals surface area contributed by atoms with Gasteiger partial charge in [-0.2, -0.15) is 0 Å². The Morgan fingerprint density at radius 3 is 1.60 bits per heavy atom. The van der Waals surface area contributed by atoms with Crippen LogP contribution in [0.15, 0.2) is 12.7 Å². The van der Waals surface area contributed by atoms with Crippen molar-refractivity contribution in [1.82, 2.24) is 0 Å². The molecule has 0 aromatic rings. The molecule has 1 amide bonds. The summed E-state index contributed by atoms with van der Waals surface area (Å²) >= 11 is 0. The van der Waals surface area contributed by atoms with Crippen LogP contribution in [0.2, 0.25) is 0 Å². The number of nitrogens with two attached hydrogens (primary N) is 1. The number of amides is 1. The molecule has 60 valence electrons. The molecule has 0 aromatic heterocycles. The van der Waals surface area contributed by atoms with Gasteiger partial charge in [-0.1, -0.05) is 6.58 Å². The van der Waals surface area contributed by atoms with Gasteiger partial charge in [0, 0.05) is 0 Å². The van der Waals surface area contributed by atoms with Gasteiger partial charge in [-0.15, -0.1) is 0 Å². The standard InChI is InChI=1S/C3H5NO.H3O4P/c1-2-3(4)5;1-5(2,3)4/h2H,1H2,(H2,4,5);(H3,1,2,3,4). The van der Waals surface area contributed by atoms with E-state index in [1.165, 1.54) is 0 Å². The van der Waals surface area contributed by atoms with Crippen molar-refractivity contribution in [2.45, 2.75) is 0 Å². The van der Waals surface area contributed by atoms with E-state index in [4.69, 9.17) is 19.2 Å². The van der Waals surface area contributed by atoms with E-state index in [0.717, 1.165) is 6.08 Å². The topological polar surface area (TPSA) is 121 Å². The van der Waals surface area contributed by atoms with E-state index in [9.17, 15) is 4.79 Å². The molecule has 0 aliphatic rings. The Balaban J connectivity index is 0. The molecule has 6 nitrogen and oxygen atoms in total. The summed E-state index contributed by atoms with van der Waals surface area (Å²) in [5.74, 6) is -0.481. The highest BCUT2D eigenvalue weighted by molar-refractivity contribution is 7.45. The minimum absolute atomic E-state index is 0.481. The number of hydrogen-bond donors (Lipinski definition) is 4. The average molecular weight is 169 g/mol. The van der Waals surface area contributed by atoms with Crippen LogP contribution in [0.3, 0.4) is 0 Å². The van der Waals surface area contributed by atoms with Crippen LogP contribution in [0.1, 0.15) is 0 Å². The molecular formula is C3H8NO5P. The van der Waals surface area contributed by atoms with Crippen molar-refractivity contribution in [3.63, 3.8) is 0 Å². The predicted molar refractivity (Wildman–Crippen MR) is 33.7 cm³/mol. The molecular weight excluding hydrogens is 161 g/mol. The summed E-state index contributed by atoms with van der Waals surface area (Å²) in [6.45, 7) is 3.09. The van der Waals surface area contributed by atoms with Gasteiger partial charge >= 0.3 is 7.82 Å². The van der Waals surface area contributed by atoms with Crippen molar-refractivity contribution < 1.29 is 24.0 Å². The minimum Gasteiger partial charge on any atom is -0.366 e. The van der Waals surface area contributed by atoms with Gasteiger partial charge in [0.1, 0.15) is 0 Å². The molecule has 0 aliphatic carbocycles. The van der Waals surface area contributed by atoms with Crippen molar-refractivity contribution in [2.75, 3.05) is 0 Å². The second-order valence-corrected chi connectivity index (χ2v) is 2.15. The Labute approximate surface area is 57.2 Å². The first kappa shape index (κ1) is 12.0. The first-order valence-electron chi connectivity index (χ1n) is 1.97. The van der Waals surface area contributed by atoms with Crippen LogP contribution in [-0.2, 0) is 9.36 Å². The fraction of sp³-hybridized carbons (Fsp3) is 0. The maximum atomic E-state index is 9.47. The molecule has 0 aromatic carbocycles. The Hall–Kier alpha value is -0.680. The van der Waals surface area contributed by atoms with Crippen molar-refractivity contribution in [3.05, 3.63) is 12.7 Å². The second kappa shape index (κ2) is 5.13. The summed E-state index contributed by atoms with van der Waals surface area (Å²) in [5, 5.41) is 0. The lowest BCUT2D eigenvalue weighted by atomic mass is 10.6. The van der Waals surface area contributed by atoms with Crippen LogP contribution in [0.4, 0.5) is 0 Å². The monoisotopic (exact) mass is 169 g/mol. The lowest BCUT2D eigenvalue weighted by Gasteiger charge is -1.82. The van der Waals surface area contributed by atoms with Crippen LogP contribution in [0, 0.1) is 0 Å². The summed E-state index contributed by atoms with van der Waals surface area (Å²) in [5.41, 5.74) is 4.53. The van der Waals surface area contributed by atoms with Crippen LogP contribution >= 0.6 is 7.82 Å². The van der Waals surface area contributed by atoms with Crippen LogP contribution in [0.5, 0.6) is 0 Å². The lowest BCUT2D eigenvalue weighted by molar-refractivity contribution is -0.113. The van der Waals surface area contributed by atoms with Crippen molar-refractivity contribution in [2.24, 2.45) is 5.73 Å². The molecule has 0 radical (unpaired) electrons. The normalized spacial score (nSPS) is 9.10. The van der Waals surface area contributed by atoms with Crippen LogP contribution in [0.25, 0.3) is 0 Å². The Bertz CT molecular complexity index is 152. The minimum atomic E-state index is -4.64. The highest BCUT2D eigenvalue weighted by Crippen LogP contribution is 2.25. The Morgan fingerprint density at radius 1 is 1.50 bits per heavy atom. The number of carbonyl (C=O) groups is 1. The van der Waals surface area contributed by atoms with Gasteiger partial charge in [0.25, 0.3) is 0 Å². The number of primary amides is 1. The zero-order valence-corrected chi connectivity index (χ0v) is 5.86. The van der Waals surface area contributed by atoms with E-state index < -0.39 is 13.7 Å². The second-order valence-electron chi connectivity index (χ2n) is 1.12. The summed E-state index contributed by atoms with van der Waals surface area (Å²) < 4.78 is 8.88. The predicted octanol–water partition coefficient (Wildman–Crippen LogP) is -1.27. The van der Waals surface area contributed by atoms with Gasteiger partial charge < -0.3 is 20.4 Å². The van der Waals surface area contributed by atoms with Crippen LogP contribution < -0.4 is 5.73 Å². The Kier molecular flexibility index (Phi) is 6.18. The molecule has 0 heterocycles. The van der Waals surface area contributed by atoms with E-state index in [2.05, 4.69) is 12.3 Å². The van der Waals surface area contributed by atoms with Gasteiger partial charge in [0.15, 0.2) is 0 Å². The van der Waals surface area contributed by atoms with Crippen molar-refractivity contribution in [1.29, 1.82) is 0 Å². The molecule has 10 heavy (non-hydrogen) atoms. The molecule has 0 rings (SSSR count). The summed E-state index contributed by atoms with van der Waals surface area (Å²) in [7, 11) is -4.64. The van der Waals surface area contributed by atoms with Gasteiger partial charge in [-0.3, -0.25) is 4.79 Å². The summed E-state index contributed by atoms with van der Waals surface area (Å²) in [4.78, 5) is 31.0. The molecule has 5 N–H and O–H groups in total. The third-order valence-corrected chi connectivity index (χ3v) is 0.201. The zero-order chi connectivity index (χ0) is 8.78.